The van der Waals surface area contributed by atoms with Gasteiger partial charge in [0.15, 0.2) is 0 Å². The fourth-order valence-corrected chi connectivity index (χ4v) is 2.55. The van der Waals surface area contributed by atoms with E-state index >= 15 is 0 Å². The fraction of sp³-hybridized carbons (Fsp3) is 0.400. The van der Waals surface area contributed by atoms with Gasteiger partial charge in [-0.15, -0.1) is 11.8 Å². The van der Waals surface area contributed by atoms with Crippen LogP contribution in [0.1, 0.15) is 12.5 Å². The van der Waals surface area contributed by atoms with E-state index in [1.54, 1.807) is 11.8 Å². The van der Waals surface area contributed by atoms with Gasteiger partial charge in [0.25, 0.3) is 0 Å². The van der Waals surface area contributed by atoms with Gasteiger partial charge in [0, 0.05) is 21.2 Å². The van der Waals surface area contributed by atoms with E-state index in [9.17, 15) is 0 Å². The molecule has 1 aromatic rings. The lowest BCUT2D eigenvalue weighted by molar-refractivity contribution is 0.300. The van der Waals surface area contributed by atoms with Crippen LogP contribution in [-0.4, -0.2) is 17.0 Å². The van der Waals surface area contributed by atoms with Crippen molar-refractivity contribution in [3.05, 3.63) is 28.2 Å². The second kappa shape index (κ2) is 5.75. The van der Waals surface area contributed by atoms with E-state index in [4.69, 9.17) is 10.8 Å². The highest BCUT2D eigenvalue weighted by Gasteiger charge is 2.06. The Bertz CT molecular complexity index is 306. The van der Waals surface area contributed by atoms with Gasteiger partial charge in [-0.05, 0) is 33.6 Å². The van der Waals surface area contributed by atoms with E-state index < -0.39 is 0 Å². The first kappa shape index (κ1) is 12.0. The van der Waals surface area contributed by atoms with Crippen molar-refractivity contribution in [2.45, 2.75) is 23.6 Å². The van der Waals surface area contributed by atoms with Crippen molar-refractivity contribution in [1.29, 1.82) is 0 Å². The molecule has 0 saturated carbocycles. The zero-order valence-electron chi connectivity index (χ0n) is 8.03. The molecule has 2 nitrogen and oxygen atoms in total. The Balaban J connectivity index is 2.78. The lowest BCUT2D eigenvalue weighted by Crippen LogP contribution is -2.02. The summed E-state index contributed by atoms with van der Waals surface area (Å²) in [5.74, 6) is 0. The van der Waals surface area contributed by atoms with Gasteiger partial charge in [-0.3, -0.25) is 0 Å². The van der Waals surface area contributed by atoms with E-state index in [1.165, 1.54) is 0 Å². The summed E-state index contributed by atoms with van der Waals surface area (Å²) >= 11 is 5.14. The second-order valence-corrected chi connectivity index (χ2v) is 5.41. The van der Waals surface area contributed by atoms with Crippen molar-refractivity contribution in [3.63, 3.8) is 0 Å². The van der Waals surface area contributed by atoms with E-state index in [0.29, 0.717) is 6.54 Å². The monoisotopic (exact) mass is 275 g/mol. The Morgan fingerprint density at radius 3 is 2.79 bits per heavy atom. The van der Waals surface area contributed by atoms with Crippen molar-refractivity contribution in [2.75, 3.05) is 6.61 Å². The molecular formula is C10H14BrNOS. The molecule has 0 heterocycles. The molecule has 78 valence electrons. The molecule has 1 rings (SSSR count). The maximum absolute atomic E-state index is 8.93. The third-order valence-corrected chi connectivity index (χ3v) is 3.90. The van der Waals surface area contributed by atoms with Crippen LogP contribution in [0.5, 0.6) is 0 Å². The Morgan fingerprint density at radius 1 is 1.57 bits per heavy atom. The van der Waals surface area contributed by atoms with Crippen LogP contribution in [0, 0.1) is 0 Å². The normalized spacial score (nSPS) is 12.9. The predicted molar refractivity (Wildman–Crippen MR) is 64.4 cm³/mol. The van der Waals surface area contributed by atoms with Crippen LogP contribution in [0.25, 0.3) is 0 Å². The molecule has 0 amide bonds. The van der Waals surface area contributed by atoms with Crippen LogP contribution in [0.4, 0.5) is 0 Å². The first-order chi connectivity index (χ1) is 6.67. The summed E-state index contributed by atoms with van der Waals surface area (Å²) in [6, 6.07) is 6.06. The van der Waals surface area contributed by atoms with Crippen molar-refractivity contribution in [1.82, 2.24) is 0 Å². The summed E-state index contributed by atoms with van der Waals surface area (Å²) in [6.07, 6.45) is 0. The van der Waals surface area contributed by atoms with Crippen molar-refractivity contribution in [3.8, 4) is 0 Å². The first-order valence-electron chi connectivity index (χ1n) is 4.43. The third-order valence-electron chi connectivity index (χ3n) is 1.82. The number of rotatable bonds is 4. The smallest absolute Gasteiger partial charge is 0.0550 e. The molecule has 0 aliphatic carbocycles. The van der Waals surface area contributed by atoms with Gasteiger partial charge in [0.1, 0.15) is 0 Å². The lowest BCUT2D eigenvalue weighted by Gasteiger charge is -2.10. The second-order valence-electron chi connectivity index (χ2n) is 3.08. The molecule has 0 aliphatic heterocycles. The van der Waals surface area contributed by atoms with E-state index in [-0.39, 0.29) is 11.9 Å². The van der Waals surface area contributed by atoms with Gasteiger partial charge in [-0.2, -0.15) is 0 Å². The maximum atomic E-state index is 8.93. The van der Waals surface area contributed by atoms with Crippen molar-refractivity contribution in [2.24, 2.45) is 5.73 Å². The highest BCUT2D eigenvalue weighted by atomic mass is 79.9. The summed E-state index contributed by atoms with van der Waals surface area (Å²) in [5.41, 5.74) is 6.64. The standard InChI is InChI=1S/C10H14BrNOS/c1-7(6-13)14-10-3-2-8(5-12)4-9(10)11/h2-4,7,13H,5-6,12H2,1H3. The zero-order chi connectivity index (χ0) is 10.6. The van der Waals surface area contributed by atoms with Gasteiger partial charge < -0.3 is 10.8 Å². The lowest BCUT2D eigenvalue weighted by atomic mass is 10.2. The average molecular weight is 276 g/mol. The molecule has 0 radical (unpaired) electrons. The number of aliphatic hydroxyl groups is 1. The number of halogens is 1. The topological polar surface area (TPSA) is 46.2 Å². The Kier molecular flexibility index (Phi) is 4.95. The minimum atomic E-state index is 0.190. The summed E-state index contributed by atoms with van der Waals surface area (Å²) in [5, 5.41) is 9.15. The van der Waals surface area contributed by atoms with E-state index in [0.717, 1.165) is 14.9 Å². The van der Waals surface area contributed by atoms with Crippen LogP contribution in [0.3, 0.4) is 0 Å². The van der Waals surface area contributed by atoms with E-state index in [2.05, 4.69) is 15.9 Å². The predicted octanol–water partition coefficient (Wildman–Crippen LogP) is 2.38. The van der Waals surface area contributed by atoms with Crippen molar-refractivity contribution >= 4 is 27.7 Å². The average Bonchev–Trinajstić information content (AvgIpc) is 2.20. The molecule has 1 atom stereocenters. The van der Waals surface area contributed by atoms with Gasteiger partial charge in [0.05, 0.1) is 6.61 Å². The van der Waals surface area contributed by atoms with Crippen molar-refractivity contribution < 1.29 is 5.11 Å². The maximum Gasteiger partial charge on any atom is 0.0550 e. The van der Waals surface area contributed by atoms with Gasteiger partial charge >= 0.3 is 0 Å². The number of hydrogen-bond donors (Lipinski definition) is 2. The summed E-state index contributed by atoms with van der Waals surface area (Å²) < 4.78 is 1.05. The third kappa shape index (κ3) is 3.28. The van der Waals surface area contributed by atoms with Gasteiger partial charge in [0.2, 0.25) is 0 Å². The van der Waals surface area contributed by atoms with Crippen LogP contribution in [0.15, 0.2) is 27.6 Å². The molecule has 0 saturated heterocycles. The summed E-state index contributed by atoms with van der Waals surface area (Å²) in [7, 11) is 0. The van der Waals surface area contributed by atoms with Crippen LogP contribution < -0.4 is 5.73 Å². The van der Waals surface area contributed by atoms with Crippen LogP contribution in [-0.2, 0) is 6.54 Å². The zero-order valence-corrected chi connectivity index (χ0v) is 10.4. The largest absolute Gasteiger partial charge is 0.395 e. The SMILES string of the molecule is CC(CO)Sc1ccc(CN)cc1Br. The highest BCUT2D eigenvalue weighted by Crippen LogP contribution is 2.31. The summed E-state index contributed by atoms with van der Waals surface area (Å²) in [6.45, 7) is 2.74. The molecule has 0 fully saturated rings. The molecular weight excluding hydrogens is 262 g/mol. The van der Waals surface area contributed by atoms with Gasteiger partial charge in [-0.1, -0.05) is 13.0 Å². The quantitative estimate of drug-likeness (QED) is 0.830. The molecule has 0 bridgehead atoms. The van der Waals surface area contributed by atoms with Crippen LogP contribution in [0.2, 0.25) is 0 Å². The fourth-order valence-electron chi connectivity index (χ4n) is 1.02. The Morgan fingerprint density at radius 2 is 2.29 bits per heavy atom. The number of aliphatic hydroxyl groups excluding tert-OH is 1. The molecule has 1 aromatic carbocycles. The number of thioether (sulfide) groups is 1. The van der Waals surface area contributed by atoms with E-state index in [1.807, 2.05) is 25.1 Å². The summed E-state index contributed by atoms with van der Waals surface area (Å²) in [4.78, 5) is 1.14. The number of nitrogens with two attached hydrogens (primary N) is 1. The minimum Gasteiger partial charge on any atom is -0.395 e. The van der Waals surface area contributed by atoms with Gasteiger partial charge in [-0.25, -0.2) is 0 Å². The molecule has 1 unspecified atom stereocenters. The molecule has 14 heavy (non-hydrogen) atoms. The molecule has 4 heteroatoms. The number of hydrogen-bond acceptors (Lipinski definition) is 3. The Hall–Kier alpha value is -0.0300. The van der Waals surface area contributed by atoms with Crippen LogP contribution >= 0.6 is 27.7 Å². The first-order valence-corrected chi connectivity index (χ1v) is 6.10. The number of benzene rings is 1. The molecule has 0 aromatic heterocycles. The molecule has 3 N–H and O–H groups in total. The highest BCUT2D eigenvalue weighted by molar-refractivity contribution is 9.10. The Labute approximate surface area is 97.0 Å². The molecule has 0 aliphatic rings. The molecule has 0 spiro atoms. The minimum absolute atomic E-state index is 0.190.